The molecule has 2 N–H and O–H groups in total. The fourth-order valence-electron chi connectivity index (χ4n) is 2.84. The zero-order chi connectivity index (χ0) is 16.0. The fraction of sp³-hybridized carbons (Fsp3) is 0.0588. The van der Waals surface area contributed by atoms with Crippen molar-refractivity contribution in [3.63, 3.8) is 0 Å². The zero-order valence-electron chi connectivity index (χ0n) is 11.9. The number of hydrogen-bond donors (Lipinski definition) is 2. The molecule has 4 nitrogen and oxygen atoms in total. The molecule has 23 heavy (non-hydrogen) atoms. The van der Waals surface area contributed by atoms with Crippen molar-refractivity contribution in [3.05, 3.63) is 76.8 Å². The van der Waals surface area contributed by atoms with Gasteiger partial charge < -0.3 is 5.11 Å². The first-order chi connectivity index (χ1) is 11.1. The summed E-state index contributed by atoms with van der Waals surface area (Å²) in [6.45, 7) is 0. The highest BCUT2D eigenvalue weighted by Crippen LogP contribution is 2.35. The van der Waals surface area contributed by atoms with Crippen LogP contribution in [0.15, 0.2) is 59.7 Å². The third-order valence-corrected chi connectivity index (χ3v) is 4.17. The molecule has 0 fully saturated rings. The van der Waals surface area contributed by atoms with Gasteiger partial charge in [-0.15, -0.1) is 5.43 Å². The number of aromatic nitrogens is 1. The molecule has 1 aliphatic heterocycles. The molecule has 1 atom stereocenters. The van der Waals surface area contributed by atoms with E-state index in [1.54, 1.807) is 23.0 Å². The van der Waals surface area contributed by atoms with Crippen LogP contribution < -0.4 is 10.1 Å². The number of rotatable bonds is 1. The summed E-state index contributed by atoms with van der Waals surface area (Å²) in [5.41, 5.74) is 2.31. The second-order valence-electron chi connectivity index (χ2n) is 5.33. The second-order valence-corrected chi connectivity index (χ2v) is 5.77. The minimum absolute atomic E-state index is 0.371. The van der Waals surface area contributed by atoms with E-state index < -0.39 is 5.72 Å². The molecule has 2 aromatic carbocycles. The van der Waals surface area contributed by atoms with Crippen LogP contribution in [0, 0.1) is 5.82 Å². The second kappa shape index (κ2) is 5.01. The maximum atomic E-state index is 13.2. The van der Waals surface area contributed by atoms with Crippen molar-refractivity contribution in [2.45, 2.75) is 5.72 Å². The number of pyridine rings is 1. The number of fused-ring (bicyclic) bond motifs is 3. The fourth-order valence-corrected chi connectivity index (χ4v) is 3.01. The maximum Gasteiger partial charge on any atom is 0.279 e. The van der Waals surface area contributed by atoms with Crippen LogP contribution in [-0.2, 0) is 5.72 Å². The van der Waals surface area contributed by atoms with Gasteiger partial charge in [0, 0.05) is 16.7 Å². The molecule has 0 amide bonds. The lowest BCUT2D eigenvalue weighted by Gasteiger charge is -2.25. The van der Waals surface area contributed by atoms with E-state index in [4.69, 9.17) is 11.6 Å². The van der Waals surface area contributed by atoms with Crippen molar-refractivity contribution in [1.29, 1.82) is 0 Å². The highest BCUT2D eigenvalue weighted by atomic mass is 35.5. The quantitative estimate of drug-likeness (QED) is 0.675. The van der Waals surface area contributed by atoms with Crippen molar-refractivity contribution in [2.24, 2.45) is 4.99 Å². The van der Waals surface area contributed by atoms with Crippen LogP contribution in [0.4, 0.5) is 4.39 Å². The summed E-state index contributed by atoms with van der Waals surface area (Å²) in [5, 5.41) is 13.5. The van der Waals surface area contributed by atoms with E-state index in [-0.39, 0.29) is 5.82 Å². The summed E-state index contributed by atoms with van der Waals surface area (Å²) in [7, 11) is 0. The molecule has 1 aromatic heterocycles. The van der Waals surface area contributed by atoms with Gasteiger partial charge in [0.1, 0.15) is 12.2 Å². The predicted octanol–water partition coefficient (Wildman–Crippen LogP) is 2.70. The molecule has 6 heteroatoms. The number of aliphatic imine (C=N–C) groups is 1. The van der Waals surface area contributed by atoms with Gasteiger partial charge in [-0.3, -0.25) is 0 Å². The summed E-state index contributed by atoms with van der Waals surface area (Å²) in [6, 6.07) is 13.0. The molecule has 1 aliphatic rings. The number of nitrogens with one attached hydrogen (secondary N) is 1. The molecule has 0 saturated heterocycles. The maximum absolute atomic E-state index is 13.2. The van der Waals surface area contributed by atoms with Gasteiger partial charge in [-0.25, -0.2) is 9.38 Å². The van der Waals surface area contributed by atoms with Gasteiger partial charge in [0.05, 0.1) is 5.39 Å². The van der Waals surface area contributed by atoms with E-state index in [2.05, 4.69) is 10.4 Å². The third-order valence-electron chi connectivity index (χ3n) is 3.94. The van der Waals surface area contributed by atoms with E-state index in [1.165, 1.54) is 30.6 Å². The zero-order valence-corrected chi connectivity index (χ0v) is 12.6. The Kier molecular flexibility index (Phi) is 3.07. The van der Waals surface area contributed by atoms with Gasteiger partial charge in [-0.1, -0.05) is 34.5 Å². The summed E-state index contributed by atoms with van der Waals surface area (Å²) in [6.07, 6.45) is 3.21. The number of hydrogen-bond acceptors (Lipinski definition) is 3. The highest BCUT2D eigenvalue weighted by molar-refractivity contribution is 6.31. The first-order valence-corrected chi connectivity index (χ1v) is 7.39. The molecule has 0 saturated carbocycles. The number of halogens is 2. The minimum Gasteiger partial charge on any atom is -0.357 e. The van der Waals surface area contributed by atoms with Gasteiger partial charge in [0.15, 0.2) is 0 Å². The number of benzene rings is 2. The van der Waals surface area contributed by atoms with Gasteiger partial charge >= 0.3 is 0 Å². The normalized spacial score (nSPS) is 19.4. The standard InChI is InChI=1S/C17H12ClFN3O/c18-13-4-1-11-7-8-22-16(15(11)9-13)17(23,20-10-21-22)12-2-5-14(19)6-3-12/h1-10,23H,(H,20,21)/q+1. The van der Waals surface area contributed by atoms with Gasteiger partial charge in [0.25, 0.3) is 11.4 Å². The Morgan fingerprint density at radius 1 is 1.13 bits per heavy atom. The van der Waals surface area contributed by atoms with Crippen molar-refractivity contribution < 1.29 is 14.2 Å². The molecular weight excluding hydrogens is 317 g/mol. The Hall–Kier alpha value is -2.50. The molecule has 1 unspecified atom stereocenters. The van der Waals surface area contributed by atoms with E-state index in [9.17, 15) is 9.50 Å². The van der Waals surface area contributed by atoms with Gasteiger partial charge in [0.2, 0.25) is 6.20 Å². The Labute approximate surface area is 136 Å². The molecule has 0 radical (unpaired) electrons. The molecule has 0 spiro atoms. The Balaban J connectivity index is 2.05. The average molecular weight is 329 g/mol. The van der Waals surface area contributed by atoms with E-state index in [0.29, 0.717) is 16.3 Å². The summed E-state index contributed by atoms with van der Waals surface area (Å²) >= 11 is 6.12. The first kappa shape index (κ1) is 14.1. The molecule has 3 aromatic rings. The topological polar surface area (TPSA) is 48.5 Å². The lowest BCUT2D eigenvalue weighted by molar-refractivity contribution is -0.655. The number of nitrogens with zero attached hydrogens (tertiary/aromatic N) is 2. The van der Waals surface area contributed by atoms with Crippen molar-refractivity contribution in [3.8, 4) is 0 Å². The molecule has 4 rings (SSSR count). The van der Waals surface area contributed by atoms with Crippen molar-refractivity contribution in [1.82, 2.24) is 0 Å². The average Bonchev–Trinajstić information content (AvgIpc) is 2.55. The van der Waals surface area contributed by atoms with Crippen LogP contribution in [0.5, 0.6) is 0 Å². The van der Waals surface area contributed by atoms with Crippen LogP contribution in [0.2, 0.25) is 5.02 Å². The summed E-state index contributed by atoms with van der Waals surface area (Å²) in [5.74, 6) is -0.371. The van der Waals surface area contributed by atoms with Crippen LogP contribution in [0.25, 0.3) is 10.8 Å². The molecule has 114 valence electrons. The molecule has 0 aliphatic carbocycles. The Bertz CT molecular complexity index is 942. The SMILES string of the molecule is OC1(c2ccc(F)cc2)N=CN[n+]2ccc3ccc(Cl)cc3c21. The predicted molar refractivity (Wildman–Crippen MR) is 86.4 cm³/mol. The first-order valence-electron chi connectivity index (χ1n) is 7.01. The Morgan fingerprint density at radius 3 is 2.70 bits per heavy atom. The smallest absolute Gasteiger partial charge is 0.279 e. The van der Waals surface area contributed by atoms with E-state index >= 15 is 0 Å². The highest BCUT2D eigenvalue weighted by Gasteiger charge is 2.43. The summed E-state index contributed by atoms with van der Waals surface area (Å²) < 4.78 is 14.9. The van der Waals surface area contributed by atoms with Gasteiger partial charge in [-0.2, -0.15) is 0 Å². The number of aliphatic hydroxyl groups is 1. The van der Waals surface area contributed by atoms with Crippen LogP contribution in [0.3, 0.4) is 0 Å². The summed E-state index contributed by atoms with van der Waals surface area (Å²) in [4.78, 5) is 4.22. The van der Waals surface area contributed by atoms with Crippen LogP contribution in [-0.4, -0.2) is 11.4 Å². The minimum atomic E-state index is -1.64. The molecular formula is C17H12ClFN3O+. The van der Waals surface area contributed by atoms with Gasteiger partial charge in [-0.05, 0) is 29.7 Å². The van der Waals surface area contributed by atoms with E-state index in [0.717, 1.165) is 10.8 Å². The molecule has 2 heterocycles. The Morgan fingerprint density at radius 2 is 1.91 bits per heavy atom. The molecule has 0 bridgehead atoms. The van der Waals surface area contributed by atoms with Crippen LogP contribution in [0.1, 0.15) is 11.3 Å². The largest absolute Gasteiger partial charge is 0.357 e. The lowest BCUT2D eigenvalue weighted by atomic mass is 9.94. The monoisotopic (exact) mass is 328 g/mol. The van der Waals surface area contributed by atoms with Crippen molar-refractivity contribution >= 4 is 28.7 Å². The van der Waals surface area contributed by atoms with Crippen LogP contribution >= 0.6 is 11.6 Å². The van der Waals surface area contributed by atoms with E-state index in [1.807, 2.05) is 12.1 Å². The van der Waals surface area contributed by atoms with Crippen molar-refractivity contribution in [2.75, 3.05) is 5.43 Å². The lowest BCUT2D eigenvalue weighted by Crippen LogP contribution is -2.56. The third kappa shape index (κ3) is 2.17.